The van der Waals surface area contributed by atoms with Crippen molar-refractivity contribution < 1.29 is 5.11 Å². The second-order valence-electron chi connectivity index (χ2n) is 4.89. The summed E-state index contributed by atoms with van der Waals surface area (Å²) < 4.78 is 0. The molecule has 0 unspecified atom stereocenters. The summed E-state index contributed by atoms with van der Waals surface area (Å²) in [4.78, 5) is 8.27. The van der Waals surface area contributed by atoms with Crippen molar-refractivity contribution in [2.45, 2.75) is 27.2 Å². The number of hydrogen-bond acceptors (Lipinski definition) is 5. The van der Waals surface area contributed by atoms with E-state index in [1.807, 2.05) is 19.9 Å². The third-order valence-electron chi connectivity index (χ3n) is 2.40. The van der Waals surface area contributed by atoms with Crippen LogP contribution in [0.1, 0.15) is 27.2 Å². The quantitative estimate of drug-likeness (QED) is 0.675. The van der Waals surface area contributed by atoms with Gasteiger partial charge in [0.15, 0.2) is 0 Å². The Morgan fingerprint density at radius 3 is 2.47 bits per heavy atom. The van der Waals surface area contributed by atoms with Gasteiger partial charge in [-0.15, -0.1) is 0 Å². The SMILES string of the molecule is CCCNc1cc(NCC(C)(C)CO)ncn1. The highest BCUT2D eigenvalue weighted by molar-refractivity contribution is 5.46. The highest BCUT2D eigenvalue weighted by Gasteiger charge is 2.16. The fourth-order valence-corrected chi connectivity index (χ4v) is 1.19. The minimum atomic E-state index is -0.151. The van der Waals surface area contributed by atoms with Crippen molar-refractivity contribution in [3.63, 3.8) is 0 Å². The molecular weight excluding hydrogens is 216 g/mol. The van der Waals surface area contributed by atoms with Crippen LogP contribution >= 0.6 is 0 Å². The molecule has 0 spiro atoms. The van der Waals surface area contributed by atoms with E-state index < -0.39 is 0 Å². The van der Waals surface area contributed by atoms with Crippen molar-refractivity contribution in [1.82, 2.24) is 9.97 Å². The molecule has 0 bridgehead atoms. The number of rotatable bonds is 7. The lowest BCUT2D eigenvalue weighted by atomic mass is 9.95. The second-order valence-corrected chi connectivity index (χ2v) is 4.89. The molecule has 0 aliphatic rings. The van der Waals surface area contributed by atoms with Crippen LogP contribution in [0.3, 0.4) is 0 Å². The summed E-state index contributed by atoms with van der Waals surface area (Å²) in [5, 5.41) is 15.6. The zero-order chi connectivity index (χ0) is 12.7. The molecule has 0 radical (unpaired) electrons. The zero-order valence-electron chi connectivity index (χ0n) is 10.8. The number of nitrogens with zero attached hydrogens (tertiary/aromatic N) is 2. The van der Waals surface area contributed by atoms with E-state index in [0.29, 0.717) is 6.54 Å². The molecule has 5 heteroatoms. The van der Waals surface area contributed by atoms with Crippen LogP contribution in [0.2, 0.25) is 0 Å². The Labute approximate surface area is 103 Å². The lowest BCUT2D eigenvalue weighted by Gasteiger charge is -2.22. The van der Waals surface area contributed by atoms with Crippen LogP contribution in [-0.2, 0) is 0 Å². The third kappa shape index (κ3) is 4.99. The first-order valence-corrected chi connectivity index (χ1v) is 5.98. The molecule has 0 saturated carbocycles. The van der Waals surface area contributed by atoms with E-state index in [0.717, 1.165) is 24.6 Å². The summed E-state index contributed by atoms with van der Waals surface area (Å²) in [6.07, 6.45) is 2.59. The molecule has 96 valence electrons. The van der Waals surface area contributed by atoms with Crippen molar-refractivity contribution in [2.75, 3.05) is 30.3 Å². The minimum absolute atomic E-state index is 0.145. The maximum absolute atomic E-state index is 9.16. The topological polar surface area (TPSA) is 70.1 Å². The number of aliphatic hydroxyl groups excluding tert-OH is 1. The largest absolute Gasteiger partial charge is 0.396 e. The van der Waals surface area contributed by atoms with Crippen LogP contribution in [0.5, 0.6) is 0 Å². The summed E-state index contributed by atoms with van der Waals surface area (Å²) in [5.41, 5.74) is -0.151. The Bertz CT molecular complexity index is 341. The van der Waals surface area contributed by atoms with Gasteiger partial charge in [0.2, 0.25) is 0 Å². The molecule has 3 N–H and O–H groups in total. The fourth-order valence-electron chi connectivity index (χ4n) is 1.19. The van der Waals surface area contributed by atoms with Crippen LogP contribution in [-0.4, -0.2) is 34.8 Å². The highest BCUT2D eigenvalue weighted by atomic mass is 16.3. The summed E-state index contributed by atoms with van der Waals surface area (Å²) in [6.45, 7) is 7.82. The number of aliphatic hydroxyl groups is 1. The van der Waals surface area contributed by atoms with Crippen LogP contribution in [0.4, 0.5) is 11.6 Å². The summed E-state index contributed by atoms with van der Waals surface area (Å²) in [5.74, 6) is 1.60. The third-order valence-corrected chi connectivity index (χ3v) is 2.40. The molecule has 0 saturated heterocycles. The molecule has 0 aromatic carbocycles. The predicted octanol–water partition coefficient (Wildman–Crippen LogP) is 1.73. The normalized spacial score (nSPS) is 11.3. The highest BCUT2D eigenvalue weighted by Crippen LogP contribution is 2.15. The van der Waals surface area contributed by atoms with E-state index in [4.69, 9.17) is 5.11 Å². The molecular formula is C12H22N4O. The Kier molecular flexibility index (Phi) is 5.15. The predicted molar refractivity (Wildman–Crippen MR) is 70.2 cm³/mol. The van der Waals surface area contributed by atoms with Crippen molar-refractivity contribution in [1.29, 1.82) is 0 Å². The first-order valence-electron chi connectivity index (χ1n) is 5.98. The molecule has 0 atom stereocenters. The van der Waals surface area contributed by atoms with Crippen LogP contribution in [0.25, 0.3) is 0 Å². The monoisotopic (exact) mass is 238 g/mol. The van der Waals surface area contributed by atoms with Gasteiger partial charge < -0.3 is 15.7 Å². The van der Waals surface area contributed by atoms with Crippen LogP contribution in [0, 0.1) is 5.41 Å². The average Bonchev–Trinajstić information content (AvgIpc) is 2.35. The molecule has 1 aromatic heterocycles. The standard InChI is InChI=1S/C12H22N4O/c1-4-5-13-10-6-11(16-9-15-10)14-7-12(2,3)8-17/h6,9,17H,4-5,7-8H2,1-3H3,(H2,13,14,15,16). The first kappa shape index (κ1) is 13.7. The van der Waals surface area contributed by atoms with E-state index in [-0.39, 0.29) is 12.0 Å². The van der Waals surface area contributed by atoms with Gasteiger partial charge in [0.05, 0.1) is 0 Å². The Morgan fingerprint density at radius 2 is 1.88 bits per heavy atom. The van der Waals surface area contributed by atoms with E-state index in [9.17, 15) is 0 Å². The van der Waals surface area contributed by atoms with Gasteiger partial charge in [-0.1, -0.05) is 20.8 Å². The molecule has 0 aliphatic carbocycles. The number of anilines is 2. The smallest absolute Gasteiger partial charge is 0.131 e. The molecule has 1 heterocycles. The Balaban J connectivity index is 2.53. The van der Waals surface area contributed by atoms with Gasteiger partial charge in [0.25, 0.3) is 0 Å². The van der Waals surface area contributed by atoms with Crippen molar-refractivity contribution >= 4 is 11.6 Å². The van der Waals surface area contributed by atoms with Crippen molar-refractivity contribution in [3.8, 4) is 0 Å². The Hall–Kier alpha value is -1.36. The lowest BCUT2D eigenvalue weighted by Crippen LogP contribution is -2.27. The van der Waals surface area contributed by atoms with Gasteiger partial charge in [-0.05, 0) is 6.42 Å². The number of aromatic nitrogens is 2. The molecule has 5 nitrogen and oxygen atoms in total. The van der Waals surface area contributed by atoms with Gasteiger partial charge in [-0.3, -0.25) is 0 Å². The van der Waals surface area contributed by atoms with E-state index in [2.05, 4.69) is 27.5 Å². The summed E-state index contributed by atoms with van der Waals surface area (Å²) >= 11 is 0. The van der Waals surface area contributed by atoms with E-state index in [1.165, 1.54) is 6.33 Å². The number of nitrogens with one attached hydrogen (secondary N) is 2. The van der Waals surface area contributed by atoms with Crippen LogP contribution in [0.15, 0.2) is 12.4 Å². The maximum Gasteiger partial charge on any atom is 0.131 e. The molecule has 0 amide bonds. The summed E-state index contributed by atoms with van der Waals surface area (Å²) in [6, 6.07) is 1.88. The Morgan fingerprint density at radius 1 is 1.24 bits per heavy atom. The molecule has 0 fully saturated rings. The van der Waals surface area contributed by atoms with Gasteiger partial charge >= 0.3 is 0 Å². The van der Waals surface area contributed by atoms with Gasteiger partial charge in [-0.2, -0.15) is 0 Å². The fraction of sp³-hybridized carbons (Fsp3) is 0.667. The van der Waals surface area contributed by atoms with Gasteiger partial charge in [0, 0.05) is 31.2 Å². The molecule has 1 rings (SSSR count). The van der Waals surface area contributed by atoms with Gasteiger partial charge in [0.1, 0.15) is 18.0 Å². The number of hydrogen-bond donors (Lipinski definition) is 3. The molecule has 17 heavy (non-hydrogen) atoms. The minimum Gasteiger partial charge on any atom is -0.396 e. The van der Waals surface area contributed by atoms with Crippen molar-refractivity contribution in [2.24, 2.45) is 5.41 Å². The maximum atomic E-state index is 9.16. The van der Waals surface area contributed by atoms with E-state index in [1.54, 1.807) is 0 Å². The van der Waals surface area contributed by atoms with Gasteiger partial charge in [-0.25, -0.2) is 9.97 Å². The average molecular weight is 238 g/mol. The zero-order valence-corrected chi connectivity index (χ0v) is 10.8. The summed E-state index contributed by atoms with van der Waals surface area (Å²) in [7, 11) is 0. The van der Waals surface area contributed by atoms with Crippen molar-refractivity contribution in [3.05, 3.63) is 12.4 Å². The first-order chi connectivity index (χ1) is 8.07. The second kappa shape index (κ2) is 6.39. The molecule has 0 aliphatic heterocycles. The van der Waals surface area contributed by atoms with Crippen LogP contribution < -0.4 is 10.6 Å². The lowest BCUT2D eigenvalue weighted by molar-refractivity contribution is 0.170. The molecule has 1 aromatic rings. The van der Waals surface area contributed by atoms with E-state index >= 15 is 0 Å².